The van der Waals surface area contributed by atoms with Crippen LogP contribution >= 0.6 is 15.9 Å². The van der Waals surface area contributed by atoms with E-state index in [1.54, 1.807) is 50.2 Å². The molecule has 0 spiro atoms. The number of aliphatic hydroxyl groups excluding tert-OH is 1. The molecule has 0 saturated carbocycles. The number of nitrogens with zero attached hydrogens (tertiary/aromatic N) is 1. The molecular weight excluding hydrogens is 679 g/mol. The number of carboxylic acid groups (broad SMARTS) is 2. The summed E-state index contributed by atoms with van der Waals surface area (Å²) in [5, 5.41) is 28.2. The Balaban J connectivity index is 0.000000274. The van der Waals surface area contributed by atoms with Crippen molar-refractivity contribution in [1.29, 1.82) is 0 Å². The summed E-state index contributed by atoms with van der Waals surface area (Å²) in [5.74, 6) is -5.96. The summed E-state index contributed by atoms with van der Waals surface area (Å²) in [6.45, 7) is 9.36. The molecule has 0 radical (unpaired) electrons. The van der Waals surface area contributed by atoms with Gasteiger partial charge in [-0.25, -0.2) is 23.6 Å². The maximum absolute atomic E-state index is 14.1. The molecule has 0 bridgehead atoms. The van der Waals surface area contributed by atoms with E-state index in [2.05, 4.69) is 33.1 Å². The first-order valence-electron chi connectivity index (χ1n) is 14.5. The predicted octanol–water partition coefficient (Wildman–Crippen LogP) is 3.36. The molecule has 1 heterocycles. The number of quaternary nitrogens is 1. The highest BCUT2D eigenvalue weighted by atomic mass is 79.9. The molecule has 0 aromatic heterocycles. The highest BCUT2D eigenvalue weighted by Gasteiger charge is 2.49. The van der Waals surface area contributed by atoms with Crippen LogP contribution < -0.4 is 5.73 Å². The van der Waals surface area contributed by atoms with Crippen molar-refractivity contribution >= 4 is 39.8 Å². The average molecular weight is 717 g/mol. The molecule has 0 unspecified atom stereocenters. The first-order chi connectivity index (χ1) is 22.2. The fourth-order valence-electron chi connectivity index (χ4n) is 5.05. The molecule has 3 aromatic carbocycles. The number of hydrogen-bond acceptors (Lipinski definition) is 8. The van der Waals surface area contributed by atoms with Crippen LogP contribution in [0.5, 0.6) is 0 Å². The van der Waals surface area contributed by atoms with E-state index in [0.29, 0.717) is 18.7 Å². The van der Waals surface area contributed by atoms with Crippen molar-refractivity contribution in [2.75, 3.05) is 26.2 Å². The van der Waals surface area contributed by atoms with Gasteiger partial charge in [-0.3, -0.25) is 4.90 Å². The van der Waals surface area contributed by atoms with Gasteiger partial charge in [-0.1, -0.05) is 57.4 Å². The number of carboxylic acids is 2. The number of rotatable bonds is 11. The largest absolute Gasteiger partial charge is 0.478 e. The minimum atomic E-state index is -2.22. The van der Waals surface area contributed by atoms with Crippen LogP contribution in [0.3, 0.4) is 0 Å². The number of aliphatic hydroxyl groups is 1. The van der Waals surface area contributed by atoms with E-state index in [-0.39, 0.29) is 29.5 Å². The number of aliphatic carboxylic acids is 2. The second-order valence-electron chi connectivity index (χ2n) is 11.2. The van der Waals surface area contributed by atoms with Gasteiger partial charge in [-0.15, -0.1) is 6.58 Å². The maximum atomic E-state index is 14.1. The molecule has 1 aliphatic rings. The Morgan fingerprint density at radius 1 is 0.957 bits per heavy atom. The molecule has 13 heteroatoms. The van der Waals surface area contributed by atoms with Gasteiger partial charge in [-0.05, 0) is 56.3 Å². The zero-order valence-corrected chi connectivity index (χ0v) is 27.5. The normalized spacial score (nSPS) is 18.6. The van der Waals surface area contributed by atoms with E-state index < -0.39 is 41.6 Å². The van der Waals surface area contributed by atoms with E-state index >= 15 is 0 Å². The molecule has 11 nitrogen and oxygen atoms in total. The summed E-state index contributed by atoms with van der Waals surface area (Å²) in [6, 6.07) is 16.9. The molecule has 4 rings (SSSR count). The van der Waals surface area contributed by atoms with Crippen molar-refractivity contribution in [3.63, 3.8) is 0 Å². The quantitative estimate of drug-likeness (QED) is 0.170. The number of ether oxygens (including phenoxy) is 2. The van der Waals surface area contributed by atoms with Crippen LogP contribution in [0.15, 0.2) is 83.9 Å². The van der Waals surface area contributed by atoms with Crippen molar-refractivity contribution in [3.05, 3.63) is 117 Å². The van der Waals surface area contributed by atoms with Gasteiger partial charge in [0.15, 0.2) is 0 Å². The van der Waals surface area contributed by atoms with Gasteiger partial charge >= 0.3 is 23.9 Å². The fourth-order valence-corrected chi connectivity index (χ4v) is 5.41. The zero-order valence-electron chi connectivity index (χ0n) is 25.9. The molecular formula is C34H37BrFN2O9+. The van der Waals surface area contributed by atoms with E-state index in [0.717, 1.165) is 22.1 Å². The maximum Gasteiger partial charge on any atom is 0.349 e. The third-order valence-corrected chi connectivity index (χ3v) is 8.14. The number of halogens is 2. The Bertz CT molecular complexity index is 1520. The second-order valence-corrected chi connectivity index (χ2v) is 12.1. The first-order valence-corrected chi connectivity index (χ1v) is 15.2. The van der Waals surface area contributed by atoms with E-state index in [4.69, 9.17) is 9.47 Å². The van der Waals surface area contributed by atoms with Crippen LogP contribution in [0, 0.1) is 25.6 Å². The summed E-state index contributed by atoms with van der Waals surface area (Å²) in [7, 11) is 0. The van der Waals surface area contributed by atoms with Gasteiger partial charge in [0, 0.05) is 17.6 Å². The van der Waals surface area contributed by atoms with Gasteiger partial charge in [0.2, 0.25) is 12.2 Å². The van der Waals surface area contributed by atoms with Crippen molar-refractivity contribution in [2.24, 2.45) is 5.92 Å². The van der Waals surface area contributed by atoms with Crippen molar-refractivity contribution in [3.8, 4) is 0 Å². The number of benzene rings is 3. The molecule has 4 atom stereocenters. The predicted molar refractivity (Wildman–Crippen MR) is 172 cm³/mol. The summed E-state index contributed by atoms with van der Waals surface area (Å²) in [6.07, 6.45) is -2.63. The summed E-state index contributed by atoms with van der Waals surface area (Å²) < 4.78 is 24.6. The Morgan fingerprint density at radius 2 is 1.43 bits per heavy atom. The zero-order chi connectivity index (χ0) is 34.9. The van der Waals surface area contributed by atoms with E-state index in [1.165, 1.54) is 30.3 Å². The number of hydrogen-bond donors (Lipinski definition) is 4. The average Bonchev–Trinajstić information content (AvgIpc) is 3.36. The Kier molecular flexibility index (Phi) is 12.9. The molecule has 6 N–H and O–H groups in total. The van der Waals surface area contributed by atoms with Gasteiger partial charge in [0.25, 0.3) is 0 Å². The van der Waals surface area contributed by atoms with E-state index in [1.807, 2.05) is 6.08 Å². The summed E-state index contributed by atoms with van der Waals surface area (Å²) >= 11 is 3.37. The van der Waals surface area contributed by atoms with Crippen LogP contribution in [-0.2, 0) is 24.6 Å². The van der Waals surface area contributed by atoms with Crippen molar-refractivity contribution in [1.82, 2.24) is 4.90 Å². The number of esters is 2. The highest BCUT2D eigenvalue weighted by Crippen LogP contribution is 2.35. The lowest BCUT2D eigenvalue weighted by Crippen LogP contribution is -2.74. The van der Waals surface area contributed by atoms with Gasteiger partial charge in [-0.2, -0.15) is 0 Å². The lowest BCUT2D eigenvalue weighted by molar-refractivity contribution is -0.496. The van der Waals surface area contributed by atoms with Crippen LogP contribution in [0.2, 0.25) is 0 Å². The molecule has 47 heavy (non-hydrogen) atoms. The Hall–Kier alpha value is -4.43. The summed E-state index contributed by atoms with van der Waals surface area (Å²) in [5.41, 5.74) is 5.96. The molecule has 1 aliphatic heterocycles. The minimum Gasteiger partial charge on any atom is -0.478 e. The second kappa shape index (κ2) is 16.4. The highest BCUT2D eigenvalue weighted by molar-refractivity contribution is 9.10. The third-order valence-electron chi connectivity index (χ3n) is 7.64. The van der Waals surface area contributed by atoms with E-state index in [9.17, 15) is 38.9 Å². The van der Waals surface area contributed by atoms with Crippen molar-refractivity contribution in [2.45, 2.75) is 31.6 Å². The molecule has 0 amide bonds. The van der Waals surface area contributed by atoms with Crippen molar-refractivity contribution < 1.29 is 54.1 Å². The number of carbonyl (C=O) groups is 4. The minimum absolute atomic E-state index is 0.00307. The molecule has 3 aromatic rings. The molecule has 0 aliphatic carbocycles. The fraction of sp³-hybridized carbons (Fsp3) is 0.294. The van der Waals surface area contributed by atoms with Gasteiger partial charge in [0.05, 0.1) is 35.8 Å². The topological polar surface area (TPSA) is 178 Å². The number of carbonyl (C=O) groups excluding carboxylic acids is 2. The standard InChI is InChI=1S/C20H18O8.C14H18BrFN2O/c1-11-3-7-13(8-4-11)19(25)27-15(17(21)22)16(18(23)24)28-20(26)14-9-5-12(2)6-10-14;1-2-5-18-7-10(8-19)14(17,9-18)12-6-11(15)3-4-13(12)16/h3-10,15-16H,1-2H3,(H,21,22)(H,23,24);2-4,6,10,19H,1,5,7-9,17H2/p+1/t15-,16-;10-,14-/m00/s1. The van der Waals surface area contributed by atoms with Gasteiger partial charge in [0.1, 0.15) is 11.4 Å². The van der Waals surface area contributed by atoms with Crippen LogP contribution in [-0.4, -0.2) is 82.5 Å². The lowest BCUT2D eigenvalue weighted by Gasteiger charge is -2.26. The SMILES string of the molecule is C=CCN1C[C@@H](CO)[C@]([NH3+])(c2cc(Br)ccc2F)C1.Cc1ccc(C(=O)O[C@H](C(=O)O)[C@H](OC(=O)c2ccc(C)cc2)C(=O)O)cc1. The Morgan fingerprint density at radius 3 is 1.83 bits per heavy atom. The number of aryl methyl sites for hydroxylation is 2. The first kappa shape index (κ1) is 37.0. The van der Waals surface area contributed by atoms with Crippen LogP contribution in [0.4, 0.5) is 4.39 Å². The molecule has 1 fully saturated rings. The van der Waals surface area contributed by atoms with Crippen LogP contribution in [0.1, 0.15) is 37.4 Å². The Labute approximate surface area is 279 Å². The monoisotopic (exact) mass is 715 g/mol. The lowest BCUT2D eigenvalue weighted by atomic mass is 9.81. The number of likely N-dealkylation sites (tertiary alicyclic amines) is 1. The third kappa shape index (κ3) is 9.55. The van der Waals surface area contributed by atoms with Gasteiger partial charge < -0.3 is 30.5 Å². The molecule has 1 saturated heterocycles. The summed E-state index contributed by atoms with van der Waals surface area (Å²) in [4.78, 5) is 49.5. The smallest absolute Gasteiger partial charge is 0.349 e. The molecule has 250 valence electrons. The van der Waals surface area contributed by atoms with Crippen LogP contribution in [0.25, 0.3) is 0 Å².